The Morgan fingerprint density at radius 2 is 1.87 bits per heavy atom. The summed E-state index contributed by atoms with van der Waals surface area (Å²) in [5.74, 6) is -2.13. The van der Waals surface area contributed by atoms with E-state index in [1.807, 2.05) is 0 Å². The van der Waals surface area contributed by atoms with Crippen LogP contribution in [0.4, 0.5) is 8.78 Å². The first-order valence-corrected chi connectivity index (χ1v) is 5.56. The zero-order chi connectivity index (χ0) is 10.9. The molecular weight excluding hydrogens is 202 g/mol. The highest BCUT2D eigenvalue weighted by Crippen LogP contribution is 2.42. The van der Waals surface area contributed by atoms with Crippen molar-refractivity contribution in [1.29, 1.82) is 0 Å². The minimum atomic E-state index is -2.45. The lowest BCUT2D eigenvalue weighted by Gasteiger charge is -2.35. The van der Waals surface area contributed by atoms with Gasteiger partial charge >= 0.3 is 0 Å². The first-order valence-electron chi connectivity index (χ1n) is 5.56. The topological polar surface area (TPSA) is 26.3 Å². The van der Waals surface area contributed by atoms with Gasteiger partial charge in [-0.15, -0.1) is 0 Å². The maximum Gasteiger partial charge on any atom is 0.248 e. The van der Waals surface area contributed by atoms with Gasteiger partial charge in [-0.25, -0.2) is 8.78 Å². The molecule has 0 atom stereocenters. The molecule has 0 N–H and O–H groups in total. The van der Waals surface area contributed by atoms with Crippen molar-refractivity contribution in [2.24, 2.45) is 5.92 Å². The minimum absolute atomic E-state index is 0.0256. The fraction of sp³-hybridized carbons (Fsp3) is 0.909. The van der Waals surface area contributed by atoms with E-state index in [2.05, 4.69) is 0 Å². The van der Waals surface area contributed by atoms with E-state index in [1.165, 1.54) is 0 Å². The fourth-order valence-electron chi connectivity index (χ4n) is 2.25. The summed E-state index contributed by atoms with van der Waals surface area (Å²) in [7, 11) is 0. The van der Waals surface area contributed by atoms with Crippen molar-refractivity contribution in [1.82, 2.24) is 0 Å². The summed E-state index contributed by atoms with van der Waals surface area (Å²) in [6, 6.07) is 0. The number of hydrogen-bond acceptors (Lipinski definition) is 2. The van der Waals surface area contributed by atoms with Crippen LogP contribution >= 0.6 is 0 Å². The standard InChI is InChI=1S/C11H16F2O2/c12-11(13)5-8(6-11)7-15-10-3-1-9(14)2-4-10/h8,10H,1-7H2. The molecule has 0 saturated heterocycles. The van der Waals surface area contributed by atoms with E-state index in [1.54, 1.807) is 0 Å². The molecule has 0 bridgehead atoms. The van der Waals surface area contributed by atoms with E-state index < -0.39 is 5.92 Å². The third kappa shape index (κ3) is 2.97. The Hall–Kier alpha value is -0.510. The van der Waals surface area contributed by atoms with E-state index in [4.69, 9.17) is 4.74 Å². The van der Waals surface area contributed by atoms with Gasteiger partial charge in [0.2, 0.25) is 5.92 Å². The molecular formula is C11H16F2O2. The van der Waals surface area contributed by atoms with Gasteiger partial charge in [0.1, 0.15) is 5.78 Å². The summed E-state index contributed by atoms with van der Waals surface area (Å²) in [6.07, 6.45) is 2.77. The van der Waals surface area contributed by atoms with E-state index in [-0.39, 0.29) is 24.9 Å². The number of halogens is 2. The molecule has 0 amide bonds. The molecule has 0 unspecified atom stereocenters. The van der Waals surface area contributed by atoms with Gasteiger partial charge in [0.25, 0.3) is 0 Å². The highest BCUT2D eigenvalue weighted by atomic mass is 19.3. The number of alkyl halides is 2. The van der Waals surface area contributed by atoms with Gasteiger partial charge in [0, 0.05) is 25.7 Å². The summed E-state index contributed by atoms with van der Waals surface area (Å²) in [5.41, 5.74) is 0. The Labute approximate surface area is 88.0 Å². The number of Topliss-reactive ketones (excluding diaryl/α,β-unsaturated/α-hetero) is 1. The molecule has 0 aliphatic heterocycles. The Morgan fingerprint density at radius 3 is 2.40 bits per heavy atom. The average Bonchev–Trinajstić information content (AvgIpc) is 2.14. The number of ketones is 1. The van der Waals surface area contributed by atoms with Crippen LogP contribution in [0.5, 0.6) is 0 Å². The predicted octanol–water partition coefficient (Wildman–Crippen LogP) is 2.56. The zero-order valence-electron chi connectivity index (χ0n) is 8.68. The third-order valence-electron chi connectivity index (χ3n) is 3.23. The van der Waals surface area contributed by atoms with E-state index in [9.17, 15) is 13.6 Å². The van der Waals surface area contributed by atoms with Gasteiger partial charge in [-0.1, -0.05) is 0 Å². The van der Waals surface area contributed by atoms with Crippen LogP contribution < -0.4 is 0 Å². The highest BCUT2D eigenvalue weighted by molar-refractivity contribution is 5.79. The number of carbonyl (C=O) groups is 1. The second kappa shape index (κ2) is 4.16. The molecule has 2 nitrogen and oxygen atoms in total. The third-order valence-corrected chi connectivity index (χ3v) is 3.23. The Morgan fingerprint density at radius 1 is 1.27 bits per heavy atom. The van der Waals surface area contributed by atoms with Gasteiger partial charge in [-0.05, 0) is 18.8 Å². The summed E-state index contributed by atoms with van der Waals surface area (Å²) < 4.78 is 30.6. The van der Waals surface area contributed by atoms with Gasteiger partial charge in [0.05, 0.1) is 12.7 Å². The molecule has 2 aliphatic carbocycles. The monoisotopic (exact) mass is 218 g/mol. The van der Waals surface area contributed by atoms with Crippen LogP contribution in [0, 0.1) is 5.92 Å². The Bertz CT molecular complexity index is 235. The average molecular weight is 218 g/mol. The quantitative estimate of drug-likeness (QED) is 0.727. The molecule has 2 saturated carbocycles. The molecule has 0 aromatic carbocycles. The van der Waals surface area contributed by atoms with Crippen LogP contribution in [0.25, 0.3) is 0 Å². The van der Waals surface area contributed by atoms with Crippen LogP contribution in [0.2, 0.25) is 0 Å². The van der Waals surface area contributed by atoms with E-state index >= 15 is 0 Å². The second-order valence-corrected chi connectivity index (χ2v) is 4.70. The molecule has 0 spiro atoms. The molecule has 4 heteroatoms. The van der Waals surface area contributed by atoms with Crippen molar-refractivity contribution in [2.45, 2.75) is 50.6 Å². The van der Waals surface area contributed by atoms with Crippen molar-refractivity contribution in [3.63, 3.8) is 0 Å². The molecule has 0 heterocycles. The summed E-state index contributed by atoms with van der Waals surface area (Å²) in [4.78, 5) is 10.9. The number of carbonyl (C=O) groups excluding carboxylic acids is 1. The molecule has 2 rings (SSSR count). The molecule has 2 fully saturated rings. The molecule has 0 aromatic rings. The normalized spacial score (nSPS) is 27.7. The Kier molecular flexibility index (Phi) is 3.05. The smallest absolute Gasteiger partial charge is 0.248 e. The van der Waals surface area contributed by atoms with Gasteiger partial charge in [-0.2, -0.15) is 0 Å². The van der Waals surface area contributed by atoms with E-state index in [0.717, 1.165) is 12.8 Å². The van der Waals surface area contributed by atoms with Crippen molar-refractivity contribution >= 4 is 5.78 Å². The lowest BCUT2D eigenvalue weighted by Crippen LogP contribution is -2.39. The Balaban J connectivity index is 1.61. The van der Waals surface area contributed by atoms with Crippen LogP contribution in [0.15, 0.2) is 0 Å². The van der Waals surface area contributed by atoms with Gasteiger partial charge < -0.3 is 4.74 Å². The maximum absolute atomic E-state index is 12.5. The van der Waals surface area contributed by atoms with Crippen LogP contribution in [-0.2, 0) is 9.53 Å². The fourth-order valence-corrected chi connectivity index (χ4v) is 2.25. The predicted molar refractivity (Wildman–Crippen MR) is 50.9 cm³/mol. The first-order chi connectivity index (χ1) is 7.05. The molecule has 86 valence electrons. The van der Waals surface area contributed by atoms with Gasteiger partial charge in [-0.3, -0.25) is 4.79 Å². The molecule has 0 radical (unpaired) electrons. The zero-order valence-corrected chi connectivity index (χ0v) is 8.68. The number of hydrogen-bond donors (Lipinski definition) is 0. The summed E-state index contributed by atoms with van der Waals surface area (Å²) in [5, 5.41) is 0. The van der Waals surface area contributed by atoms with Crippen molar-refractivity contribution in [2.75, 3.05) is 6.61 Å². The number of ether oxygens (including phenoxy) is 1. The highest BCUT2D eigenvalue weighted by Gasteiger charge is 2.45. The molecule has 2 aliphatic rings. The largest absolute Gasteiger partial charge is 0.378 e. The summed E-state index contributed by atoms with van der Waals surface area (Å²) in [6.45, 7) is 0.439. The van der Waals surface area contributed by atoms with Crippen molar-refractivity contribution in [3.05, 3.63) is 0 Å². The van der Waals surface area contributed by atoms with Crippen LogP contribution in [0.1, 0.15) is 38.5 Å². The number of rotatable bonds is 3. The van der Waals surface area contributed by atoms with Crippen molar-refractivity contribution < 1.29 is 18.3 Å². The molecule has 15 heavy (non-hydrogen) atoms. The van der Waals surface area contributed by atoms with Crippen molar-refractivity contribution in [3.8, 4) is 0 Å². The van der Waals surface area contributed by atoms with Gasteiger partial charge in [0.15, 0.2) is 0 Å². The van der Waals surface area contributed by atoms with Crippen LogP contribution in [-0.4, -0.2) is 24.4 Å². The SMILES string of the molecule is O=C1CCC(OCC2CC(F)(F)C2)CC1. The van der Waals surface area contributed by atoms with Crippen LogP contribution in [0.3, 0.4) is 0 Å². The lowest BCUT2D eigenvalue weighted by atomic mass is 9.82. The first kappa shape index (κ1) is 11.0. The molecule has 0 aromatic heterocycles. The second-order valence-electron chi connectivity index (χ2n) is 4.70. The summed E-state index contributed by atoms with van der Waals surface area (Å²) >= 11 is 0. The van der Waals surface area contributed by atoms with E-state index in [0.29, 0.717) is 25.2 Å². The maximum atomic E-state index is 12.5. The lowest BCUT2D eigenvalue weighted by molar-refractivity contribution is -0.139. The minimum Gasteiger partial charge on any atom is -0.378 e.